The van der Waals surface area contributed by atoms with Gasteiger partial charge in [-0.05, 0) is 27.4 Å². The summed E-state index contributed by atoms with van der Waals surface area (Å²) in [5, 5.41) is 2.97. The highest BCUT2D eigenvalue weighted by atomic mass is 16.1. The molecule has 0 aromatic rings. The molecule has 0 radical (unpaired) electrons. The zero-order valence-corrected chi connectivity index (χ0v) is 10.1. The highest BCUT2D eigenvalue weighted by molar-refractivity contribution is 5.78. The van der Waals surface area contributed by atoms with E-state index >= 15 is 0 Å². The van der Waals surface area contributed by atoms with Crippen molar-refractivity contribution in [1.82, 2.24) is 10.2 Å². The molecule has 0 spiro atoms. The standard InChI is InChI=1S/C11H24N2O/c1-6-7-9(2)11(14)12-8-10(3)13(4)5/h9-10H,6-8H2,1-5H3,(H,12,14)/t9-,10+/m0/s1. The predicted octanol–water partition coefficient (Wildman–Crippen LogP) is 1.49. The van der Waals surface area contributed by atoms with Gasteiger partial charge in [0.15, 0.2) is 0 Å². The lowest BCUT2D eigenvalue weighted by molar-refractivity contribution is -0.124. The Hall–Kier alpha value is -0.570. The second-order valence-electron chi connectivity index (χ2n) is 4.25. The molecule has 1 amide bonds. The molecule has 0 aliphatic rings. The second kappa shape index (κ2) is 6.82. The second-order valence-corrected chi connectivity index (χ2v) is 4.25. The molecule has 0 heterocycles. The minimum Gasteiger partial charge on any atom is -0.354 e. The summed E-state index contributed by atoms with van der Waals surface area (Å²) in [4.78, 5) is 13.6. The number of carbonyl (C=O) groups is 1. The maximum absolute atomic E-state index is 11.5. The first kappa shape index (κ1) is 13.4. The molecule has 0 unspecified atom stereocenters. The summed E-state index contributed by atoms with van der Waals surface area (Å²) in [5.41, 5.74) is 0. The van der Waals surface area contributed by atoms with E-state index in [9.17, 15) is 4.79 Å². The van der Waals surface area contributed by atoms with Gasteiger partial charge in [-0.15, -0.1) is 0 Å². The van der Waals surface area contributed by atoms with Crippen LogP contribution in [0, 0.1) is 5.92 Å². The molecule has 0 saturated carbocycles. The van der Waals surface area contributed by atoms with E-state index in [1.807, 2.05) is 21.0 Å². The fourth-order valence-corrected chi connectivity index (χ4v) is 1.17. The number of nitrogens with zero attached hydrogens (tertiary/aromatic N) is 1. The Labute approximate surface area is 87.9 Å². The van der Waals surface area contributed by atoms with Crippen molar-refractivity contribution in [2.24, 2.45) is 5.92 Å². The zero-order valence-electron chi connectivity index (χ0n) is 10.1. The third-order valence-corrected chi connectivity index (χ3v) is 2.62. The van der Waals surface area contributed by atoms with Gasteiger partial charge >= 0.3 is 0 Å². The number of hydrogen-bond acceptors (Lipinski definition) is 2. The van der Waals surface area contributed by atoms with Crippen LogP contribution < -0.4 is 5.32 Å². The lowest BCUT2D eigenvalue weighted by Gasteiger charge is -2.21. The molecule has 0 saturated heterocycles. The SMILES string of the molecule is CCC[C@H](C)C(=O)NC[C@@H](C)N(C)C. The van der Waals surface area contributed by atoms with Crippen LogP contribution in [0.25, 0.3) is 0 Å². The van der Waals surface area contributed by atoms with E-state index in [0.717, 1.165) is 19.4 Å². The monoisotopic (exact) mass is 200 g/mol. The van der Waals surface area contributed by atoms with Crippen LogP contribution in [-0.4, -0.2) is 37.5 Å². The fraction of sp³-hybridized carbons (Fsp3) is 0.909. The van der Waals surface area contributed by atoms with E-state index in [2.05, 4.69) is 24.1 Å². The molecule has 0 fully saturated rings. The van der Waals surface area contributed by atoms with E-state index in [4.69, 9.17) is 0 Å². The van der Waals surface area contributed by atoms with E-state index in [-0.39, 0.29) is 11.8 Å². The van der Waals surface area contributed by atoms with Crippen molar-refractivity contribution in [3.05, 3.63) is 0 Å². The van der Waals surface area contributed by atoms with Crippen molar-refractivity contribution < 1.29 is 4.79 Å². The summed E-state index contributed by atoms with van der Waals surface area (Å²) >= 11 is 0. The normalized spacial score (nSPS) is 15.3. The summed E-state index contributed by atoms with van der Waals surface area (Å²) < 4.78 is 0. The maximum atomic E-state index is 11.5. The van der Waals surface area contributed by atoms with E-state index in [1.54, 1.807) is 0 Å². The van der Waals surface area contributed by atoms with Gasteiger partial charge < -0.3 is 10.2 Å². The van der Waals surface area contributed by atoms with Gasteiger partial charge in [-0.25, -0.2) is 0 Å². The van der Waals surface area contributed by atoms with Crippen LogP contribution in [0.1, 0.15) is 33.6 Å². The van der Waals surface area contributed by atoms with Crippen molar-refractivity contribution in [2.75, 3.05) is 20.6 Å². The average Bonchev–Trinajstić information content (AvgIpc) is 2.13. The van der Waals surface area contributed by atoms with Gasteiger partial charge in [0, 0.05) is 18.5 Å². The van der Waals surface area contributed by atoms with Gasteiger partial charge in [-0.2, -0.15) is 0 Å². The van der Waals surface area contributed by atoms with Crippen LogP contribution in [0.3, 0.4) is 0 Å². The molecule has 3 heteroatoms. The van der Waals surface area contributed by atoms with Gasteiger partial charge in [0.05, 0.1) is 0 Å². The Kier molecular flexibility index (Phi) is 6.54. The van der Waals surface area contributed by atoms with Gasteiger partial charge in [-0.1, -0.05) is 20.3 Å². The largest absolute Gasteiger partial charge is 0.354 e. The predicted molar refractivity (Wildman–Crippen MR) is 60.2 cm³/mol. The van der Waals surface area contributed by atoms with Gasteiger partial charge in [0.25, 0.3) is 0 Å². The lowest BCUT2D eigenvalue weighted by atomic mass is 10.1. The molecular formula is C11H24N2O. The first-order chi connectivity index (χ1) is 6.49. The van der Waals surface area contributed by atoms with Crippen LogP contribution in [-0.2, 0) is 4.79 Å². The van der Waals surface area contributed by atoms with Gasteiger partial charge in [0.2, 0.25) is 5.91 Å². The van der Waals surface area contributed by atoms with Crippen LogP contribution in [0.4, 0.5) is 0 Å². The fourth-order valence-electron chi connectivity index (χ4n) is 1.17. The highest BCUT2D eigenvalue weighted by Crippen LogP contribution is 2.04. The van der Waals surface area contributed by atoms with E-state index in [1.165, 1.54) is 0 Å². The molecule has 0 aromatic heterocycles. The molecule has 0 bridgehead atoms. The van der Waals surface area contributed by atoms with Crippen molar-refractivity contribution in [2.45, 2.75) is 39.7 Å². The number of amides is 1. The molecule has 84 valence electrons. The Morgan fingerprint density at radius 1 is 1.36 bits per heavy atom. The first-order valence-electron chi connectivity index (χ1n) is 5.43. The van der Waals surface area contributed by atoms with Crippen LogP contribution in [0.15, 0.2) is 0 Å². The molecule has 1 N–H and O–H groups in total. The summed E-state index contributed by atoms with van der Waals surface area (Å²) in [6.07, 6.45) is 2.04. The molecule has 0 aromatic carbocycles. The minimum absolute atomic E-state index is 0.148. The minimum atomic E-state index is 0.148. The molecule has 3 nitrogen and oxygen atoms in total. The molecule has 2 atom stereocenters. The summed E-state index contributed by atoms with van der Waals surface area (Å²) in [7, 11) is 4.04. The highest BCUT2D eigenvalue weighted by Gasteiger charge is 2.12. The number of nitrogens with one attached hydrogen (secondary N) is 1. The number of carbonyl (C=O) groups excluding carboxylic acids is 1. The van der Waals surface area contributed by atoms with Gasteiger partial charge in [-0.3, -0.25) is 4.79 Å². The number of rotatable bonds is 6. The average molecular weight is 200 g/mol. The summed E-state index contributed by atoms with van der Waals surface area (Å²) in [5.74, 6) is 0.329. The molecule has 0 aliphatic heterocycles. The number of likely N-dealkylation sites (N-methyl/N-ethyl adjacent to an activating group) is 1. The maximum Gasteiger partial charge on any atom is 0.222 e. The molecular weight excluding hydrogens is 176 g/mol. The van der Waals surface area contributed by atoms with Crippen molar-refractivity contribution in [1.29, 1.82) is 0 Å². The third kappa shape index (κ3) is 5.22. The quantitative estimate of drug-likeness (QED) is 0.704. The van der Waals surface area contributed by atoms with Crippen LogP contribution in [0.5, 0.6) is 0 Å². The summed E-state index contributed by atoms with van der Waals surface area (Å²) in [6.45, 7) is 6.93. The lowest BCUT2D eigenvalue weighted by Crippen LogP contribution is -2.40. The zero-order chi connectivity index (χ0) is 11.1. The van der Waals surface area contributed by atoms with Crippen LogP contribution >= 0.6 is 0 Å². The molecule has 14 heavy (non-hydrogen) atoms. The Balaban J connectivity index is 3.73. The van der Waals surface area contributed by atoms with E-state index < -0.39 is 0 Å². The summed E-state index contributed by atoms with van der Waals surface area (Å²) in [6, 6.07) is 0.396. The first-order valence-corrected chi connectivity index (χ1v) is 5.43. The van der Waals surface area contributed by atoms with Crippen molar-refractivity contribution >= 4 is 5.91 Å². The van der Waals surface area contributed by atoms with Crippen molar-refractivity contribution in [3.63, 3.8) is 0 Å². The number of hydrogen-bond donors (Lipinski definition) is 1. The van der Waals surface area contributed by atoms with Crippen LogP contribution in [0.2, 0.25) is 0 Å². The van der Waals surface area contributed by atoms with E-state index in [0.29, 0.717) is 6.04 Å². The van der Waals surface area contributed by atoms with Crippen molar-refractivity contribution in [3.8, 4) is 0 Å². The smallest absolute Gasteiger partial charge is 0.222 e. The van der Waals surface area contributed by atoms with Gasteiger partial charge in [0.1, 0.15) is 0 Å². The Bertz CT molecular complexity index is 169. The molecule has 0 rings (SSSR count). The Morgan fingerprint density at radius 2 is 1.93 bits per heavy atom. The molecule has 0 aliphatic carbocycles. The topological polar surface area (TPSA) is 32.3 Å². The third-order valence-electron chi connectivity index (χ3n) is 2.62. The Morgan fingerprint density at radius 3 is 2.36 bits per heavy atom.